The molecule has 0 bridgehead atoms. The van der Waals surface area contributed by atoms with Gasteiger partial charge in [-0.3, -0.25) is 4.79 Å². The minimum Gasteiger partial charge on any atom is -0.497 e. The van der Waals surface area contributed by atoms with Gasteiger partial charge in [-0.05, 0) is 28.3 Å². The number of benzene rings is 1. The van der Waals surface area contributed by atoms with Crippen LogP contribution in [-0.2, 0) is 6.42 Å². The van der Waals surface area contributed by atoms with Crippen LogP contribution in [-0.4, -0.2) is 31.7 Å². The number of hydrogen-bond donors (Lipinski definition) is 0. The molecule has 1 amide bonds. The molecule has 0 spiro atoms. The van der Waals surface area contributed by atoms with E-state index in [1.165, 1.54) is 19.4 Å². The van der Waals surface area contributed by atoms with Crippen molar-refractivity contribution < 1.29 is 19.0 Å². The summed E-state index contributed by atoms with van der Waals surface area (Å²) in [5, 5.41) is 3.01. The molecule has 0 atom stereocenters. The highest BCUT2D eigenvalue weighted by Gasteiger charge is 2.12. The maximum atomic E-state index is 11.6. The molecule has 0 saturated heterocycles. The maximum absolute atomic E-state index is 11.6. The number of carbonyl (C=O) groups excluding carboxylic acids is 1. The molecule has 0 N–H and O–H groups in total. The van der Waals surface area contributed by atoms with Gasteiger partial charge in [0.2, 0.25) is 0 Å². The topological polar surface area (TPSA) is 106 Å². The first-order valence-electron chi connectivity index (χ1n) is 7.07. The van der Waals surface area contributed by atoms with Gasteiger partial charge in [0.05, 0.1) is 27.0 Å². The van der Waals surface area contributed by atoms with Crippen LogP contribution in [0.3, 0.4) is 0 Å². The Morgan fingerprint density at radius 3 is 2.58 bits per heavy atom. The van der Waals surface area contributed by atoms with Crippen molar-refractivity contribution in [3.63, 3.8) is 0 Å². The molecule has 1 aromatic carbocycles. The van der Waals surface area contributed by atoms with E-state index < -0.39 is 5.91 Å². The number of rotatable bonds is 7. The second kappa shape index (κ2) is 8.40. The van der Waals surface area contributed by atoms with Gasteiger partial charge in [-0.2, -0.15) is 0 Å². The number of carbonyl (C=O) groups is 1. The molecule has 0 aliphatic heterocycles. The van der Waals surface area contributed by atoms with Crippen molar-refractivity contribution in [2.45, 2.75) is 6.42 Å². The lowest BCUT2D eigenvalue weighted by Gasteiger charge is -2.11. The third kappa shape index (κ3) is 4.37. The Balaban J connectivity index is 2.05. The lowest BCUT2D eigenvalue weighted by molar-refractivity contribution is 0.0995. The zero-order chi connectivity index (χ0) is 17.4. The number of hydrogen-bond acceptors (Lipinski definition) is 5. The van der Waals surface area contributed by atoms with Gasteiger partial charge in [0.25, 0.3) is 5.91 Å². The number of ether oxygens (including phenoxy) is 3. The zero-order valence-corrected chi connectivity index (χ0v) is 13.3. The molecule has 0 aliphatic rings. The van der Waals surface area contributed by atoms with Crippen molar-refractivity contribution in [3.05, 3.63) is 58.2 Å². The fraction of sp³-hybridized carbons (Fsp3) is 0.250. The minimum absolute atomic E-state index is 0.00644. The average molecular weight is 328 g/mol. The van der Waals surface area contributed by atoms with Crippen molar-refractivity contribution in [1.82, 2.24) is 4.98 Å². The molecule has 1 aromatic heterocycles. The largest absolute Gasteiger partial charge is 0.497 e. The second-order valence-electron chi connectivity index (χ2n) is 4.66. The van der Waals surface area contributed by atoms with Crippen molar-refractivity contribution in [3.8, 4) is 17.2 Å². The Bertz CT molecular complexity index is 755. The molecule has 24 heavy (non-hydrogen) atoms. The van der Waals surface area contributed by atoms with E-state index in [0.717, 1.165) is 11.3 Å². The van der Waals surface area contributed by atoms with E-state index in [9.17, 15) is 4.79 Å². The van der Waals surface area contributed by atoms with E-state index in [-0.39, 0.29) is 5.69 Å². The second-order valence-corrected chi connectivity index (χ2v) is 4.66. The summed E-state index contributed by atoms with van der Waals surface area (Å²) in [6.07, 6.45) is 2.01. The first kappa shape index (κ1) is 17.1. The third-order valence-electron chi connectivity index (χ3n) is 3.21. The molecular formula is C16H16N4O4. The summed E-state index contributed by atoms with van der Waals surface area (Å²) in [7, 11) is 3.09. The summed E-state index contributed by atoms with van der Waals surface area (Å²) in [6.45, 7) is 0.377. The van der Waals surface area contributed by atoms with E-state index in [0.29, 0.717) is 24.5 Å². The highest BCUT2D eigenvalue weighted by molar-refractivity contribution is 5.93. The van der Waals surface area contributed by atoms with Crippen molar-refractivity contribution in [2.75, 3.05) is 20.8 Å². The van der Waals surface area contributed by atoms with E-state index in [1.54, 1.807) is 7.11 Å². The smallest absolute Gasteiger partial charge is 0.267 e. The number of azide groups is 1. The first-order valence-corrected chi connectivity index (χ1v) is 7.07. The van der Waals surface area contributed by atoms with Crippen LogP contribution in [0, 0.1) is 0 Å². The molecule has 0 aliphatic carbocycles. The average Bonchev–Trinajstić information content (AvgIpc) is 2.62. The van der Waals surface area contributed by atoms with E-state index in [1.807, 2.05) is 24.3 Å². The van der Waals surface area contributed by atoms with E-state index in [2.05, 4.69) is 15.0 Å². The van der Waals surface area contributed by atoms with Crippen LogP contribution in [0.4, 0.5) is 0 Å². The Morgan fingerprint density at radius 2 is 1.96 bits per heavy atom. The summed E-state index contributed by atoms with van der Waals surface area (Å²) in [5.74, 6) is 0.761. The third-order valence-corrected chi connectivity index (χ3v) is 3.21. The predicted octanol–water partition coefficient (Wildman–Crippen LogP) is 3.17. The van der Waals surface area contributed by atoms with Gasteiger partial charge in [0.1, 0.15) is 11.4 Å². The van der Waals surface area contributed by atoms with Crippen LogP contribution < -0.4 is 14.2 Å². The predicted molar refractivity (Wildman–Crippen MR) is 86.5 cm³/mol. The molecule has 0 fully saturated rings. The zero-order valence-electron chi connectivity index (χ0n) is 13.3. The summed E-state index contributed by atoms with van der Waals surface area (Å²) in [4.78, 5) is 17.9. The molecule has 2 aromatic rings. The number of pyridine rings is 1. The standard InChI is InChI=1S/C16H16N4O4/c1-22-12-5-3-11(4-6-12)7-8-24-14-9-13(16(21)19-20-17)18-10-15(14)23-2/h3-6,9-10H,7-8H2,1-2H3. The lowest BCUT2D eigenvalue weighted by atomic mass is 10.1. The van der Waals surface area contributed by atoms with E-state index in [4.69, 9.17) is 19.7 Å². The summed E-state index contributed by atoms with van der Waals surface area (Å²) >= 11 is 0. The summed E-state index contributed by atoms with van der Waals surface area (Å²) in [5.41, 5.74) is 9.39. The van der Waals surface area contributed by atoms with Gasteiger partial charge in [-0.15, -0.1) is 0 Å². The van der Waals surface area contributed by atoms with Crippen LogP contribution in [0.1, 0.15) is 16.1 Å². The van der Waals surface area contributed by atoms with Gasteiger partial charge in [0, 0.05) is 17.4 Å². The molecule has 0 saturated carbocycles. The van der Waals surface area contributed by atoms with Crippen LogP contribution >= 0.6 is 0 Å². The highest BCUT2D eigenvalue weighted by atomic mass is 16.5. The highest BCUT2D eigenvalue weighted by Crippen LogP contribution is 2.27. The number of nitrogens with zero attached hydrogens (tertiary/aromatic N) is 4. The Hall–Kier alpha value is -3.25. The molecular weight excluding hydrogens is 312 g/mol. The van der Waals surface area contributed by atoms with Crippen LogP contribution in [0.2, 0.25) is 0 Å². The molecule has 124 valence electrons. The SMILES string of the molecule is COc1ccc(CCOc2cc(C(=O)N=[N+]=[N-])ncc2OC)cc1. The molecule has 8 nitrogen and oxygen atoms in total. The first-order chi connectivity index (χ1) is 11.7. The van der Waals surface area contributed by atoms with Crippen molar-refractivity contribution in [1.29, 1.82) is 0 Å². The van der Waals surface area contributed by atoms with Gasteiger partial charge in [-0.25, -0.2) is 4.98 Å². The number of aromatic nitrogens is 1. The van der Waals surface area contributed by atoms with Gasteiger partial charge >= 0.3 is 0 Å². The Kier molecular flexibility index (Phi) is 5.99. The van der Waals surface area contributed by atoms with E-state index >= 15 is 0 Å². The monoisotopic (exact) mass is 328 g/mol. The quantitative estimate of drug-likeness (QED) is 0.441. The summed E-state index contributed by atoms with van der Waals surface area (Å²) in [6, 6.07) is 9.03. The molecule has 8 heteroatoms. The molecule has 0 radical (unpaired) electrons. The lowest BCUT2D eigenvalue weighted by Crippen LogP contribution is -2.05. The molecule has 2 rings (SSSR count). The van der Waals surface area contributed by atoms with Crippen LogP contribution in [0.5, 0.6) is 17.2 Å². The fourth-order valence-electron chi connectivity index (χ4n) is 1.97. The Morgan fingerprint density at radius 1 is 1.21 bits per heavy atom. The van der Waals surface area contributed by atoms with Crippen molar-refractivity contribution >= 4 is 5.91 Å². The number of methoxy groups -OCH3 is 2. The van der Waals surface area contributed by atoms with Gasteiger partial charge in [-0.1, -0.05) is 12.1 Å². The molecule has 0 unspecified atom stereocenters. The van der Waals surface area contributed by atoms with Crippen LogP contribution in [0.15, 0.2) is 41.6 Å². The summed E-state index contributed by atoms with van der Waals surface area (Å²) < 4.78 is 15.9. The molecule has 1 heterocycles. The van der Waals surface area contributed by atoms with Gasteiger partial charge in [0.15, 0.2) is 11.5 Å². The van der Waals surface area contributed by atoms with Crippen molar-refractivity contribution in [2.24, 2.45) is 5.11 Å². The fourth-order valence-corrected chi connectivity index (χ4v) is 1.97. The number of amides is 1. The minimum atomic E-state index is -0.778. The maximum Gasteiger partial charge on any atom is 0.267 e. The van der Waals surface area contributed by atoms with Gasteiger partial charge < -0.3 is 14.2 Å². The normalized spacial score (nSPS) is 9.75. The van der Waals surface area contributed by atoms with Crippen LogP contribution in [0.25, 0.3) is 10.4 Å². The Labute approximate surface area is 138 Å².